The second kappa shape index (κ2) is 6.13. The van der Waals surface area contributed by atoms with E-state index in [4.69, 9.17) is 9.47 Å². The lowest BCUT2D eigenvalue weighted by molar-refractivity contribution is -0.385. The van der Waals surface area contributed by atoms with Crippen molar-refractivity contribution < 1.29 is 24.3 Å². The lowest BCUT2D eigenvalue weighted by Gasteiger charge is -2.09. The van der Waals surface area contributed by atoms with Gasteiger partial charge in [-0.3, -0.25) is 14.9 Å². The fourth-order valence-electron chi connectivity index (χ4n) is 1.96. The molecule has 0 atom stereocenters. The Hall–Kier alpha value is -3.09. The Morgan fingerprint density at radius 1 is 1.05 bits per heavy atom. The van der Waals surface area contributed by atoms with Gasteiger partial charge < -0.3 is 14.6 Å². The summed E-state index contributed by atoms with van der Waals surface area (Å²) in [5.41, 5.74) is -0.138. The molecule has 0 saturated carbocycles. The minimum absolute atomic E-state index is 0.0942. The molecule has 0 fully saturated rings. The maximum Gasteiger partial charge on any atom is 0.311 e. The average molecular weight is 303 g/mol. The Bertz CT molecular complexity index is 741. The molecule has 1 N–H and O–H groups in total. The highest BCUT2D eigenvalue weighted by Gasteiger charge is 2.19. The molecule has 0 bridgehead atoms. The number of hydrogen-bond donors (Lipinski definition) is 1. The SMILES string of the molecule is COc1ccc(C(=O)c2ccc(O)c([N+](=O)[O-])c2)cc1OC. The van der Waals surface area contributed by atoms with Gasteiger partial charge in [0.1, 0.15) is 0 Å². The first-order valence-corrected chi connectivity index (χ1v) is 6.22. The highest BCUT2D eigenvalue weighted by molar-refractivity contribution is 6.09. The quantitative estimate of drug-likeness (QED) is 0.517. The molecule has 0 spiro atoms. The van der Waals surface area contributed by atoms with Crippen LogP contribution in [0.2, 0.25) is 0 Å². The summed E-state index contributed by atoms with van der Waals surface area (Å²) in [5.74, 6) is -0.0738. The van der Waals surface area contributed by atoms with Crippen molar-refractivity contribution in [2.24, 2.45) is 0 Å². The second-order valence-electron chi connectivity index (χ2n) is 4.36. The number of nitrogens with zero attached hydrogens (tertiary/aromatic N) is 1. The van der Waals surface area contributed by atoms with E-state index in [-0.39, 0.29) is 11.1 Å². The molecular weight excluding hydrogens is 290 g/mol. The Balaban J connectivity index is 2.44. The van der Waals surface area contributed by atoms with Crippen LogP contribution in [0.25, 0.3) is 0 Å². The number of benzene rings is 2. The smallest absolute Gasteiger partial charge is 0.311 e. The molecule has 0 radical (unpaired) electrons. The molecule has 0 aliphatic rings. The summed E-state index contributed by atoms with van der Waals surface area (Å²) < 4.78 is 10.2. The number of phenolic OH excluding ortho intramolecular Hbond substituents is 1. The number of ether oxygens (including phenoxy) is 2. The maximum atomic E-state index is 12.4. The number of phenols is 1. The minimum atomic E-state index is -0.749. The first kappa shape index (κ1) is 15.3. The summed E-state index contributed by atoms with van der Waals surface area (Å²) in [6, 6.07) is 8.06. The summed E-state index contributed by atoms with van der Waals surface area (Å²) in [7, 11) is 2.92. The van der Waals surface area contributed by atoms with E-state index in [0.717, 1.165) is 12.1 Å². The summed E-state index contributed by atoms with van der Waals surface area (Å²) in [6.45, 7) is 0. The standard InChI is InChI=1S/C15H13NO6/c1-21-13-6-4-10(8-14(13)22-2)15(18)9-3-5-12(17)11(7-9)16(19)20/h3-8,17H,1-2H3. The van der Waals surface area contributed by atoms with Gasteiger partial charge in [0.15, 0.2) is 23.0 Å². The van der Waals surface area contributed by atoms with Crippen LogP contribution in [0.4, 0.5) is 5.69 Å². The van der Waals surface area contributed by atoms with E-state index >= 15 is 0 Å². The third-order valence-corrected chi connectivity index (χ3v) is 3.08. The summed E-state index contributed by atoms with van der Waals surface area (Å²) in [6.07, 6.45) is 0. The van der Waals surface area contributed by atoms with Crippen LogP contribution in [0.3, 0.4) is 0 Å². The molecular formula is C15H13NO6. The van der Waals surface area contributed by atoms with Crippen molar-refractivity contribution in [1.82, 2.24) is 0 Å². The summed E-state index contributed by atoms with van der Waals surface area (Å²) in [5, 5.41) is 20.2. The van der Waals surface area contributed by atoms with Crippen molar-refractivity contribution in [2.75, 3.05) is 14.2 Å². The molecule has 2 aromatic rings. The number of nitro groups is 1. The predicted molar refractivity (Wildman–Crippen MR) is 77.7 cm³/mol. The van der Waals surface area contributed by atoms with E-state index < -0.39 is 22.1 Å². The van der Waals surface area contributed by atoms with E-state index in [1.165, 1.54) is 32.4 Å². The number of nitro benzene ring substituents is 1. The summed E-state index contributed by atoms with van der Waals surface area (Å²) >= 11 is 0. The van der Waals surface area contributed by atoms with Crippen LogP contribution in [-0.2, 0) is 0 Å². The van der Waals surface area contributed by atoms with E-state index in [1.54, 1.807) is 6.07 Å². The van der Waals surface area contributed by atoms with Crippen molar-refractivity contribution in [3.05, 3.63) is 57.6 Å². The number of carbonyl (C=O) groups is 1. The van der Waals surface area contributed by atoms with Crippen molar-refractivity contribution >= 4 is 11.5 Å². The maximum absolute atomic E-state index is 12.4. The lowest BCUT2D eigenvalue weighted by atomic mass is 10.0. The number of ketones is 1. The van der Waals surface area contributed by atoms with Crippen molar-refractivity contribution in [1.29, 1.82) is 0 Å². The van der Waals surface area contributed by atoms with Crippen LogP contribution < -0.4 is 9.47 Å². The Kier molecular flexibility index (Phi) is 4.26. The van der Waals surface area contributed by atoms with Crippen LogP contribution in [-0.4, -0.2) is 30.0 Å². The van der Waals surface area contributed by atoms with Gasteiger partial charge in [-0.1, -0.05) is 0 Å². The molecule has 2 aromatic carbocycles. The number of carbonyl (C=O) groups excluding carboxylic acids is 1. The Labute approximate surface area is 125 Å². The number of methoxy groups -OCH3 is 2. The summed E-state index contributed by atoms with van der Waals surface area (Å²) in [4.78, 5) is 22.5. The molecule has 2 rings (SSSR count). The van der Waals surface area contributed by atoms with E-state index in [2.05, 4.69) is 0 Å². The zero-order valence-electron chi connectivity index (χ0n) is 11.9. The highest BCUT2D eigenvalue weighted by Crippen LogP contribution is 2.30. The lowest BCUT2D eigenvalue weighted by Crippen LogP contribution is -2.03. The largest absolute Gasteiger partial charge is 0.502 e. The molecule has 22 heavy (non-hydrogen) atoms. The molecule has 0 saturated heterocycles. The average Bonchev–Trinajstić information content (AvgIpc) is 2.53. The fourth-order valence-corrected chi connectivity index (χ4v) is 1.96. The molecule has 0 aliphatic carbocycles. The molecule has 0 unspecified atom stereocenters. The van der Waals surface area contributed by atoms with Gasteiger partial charge in [0.05, 0.1) is 19.1 Å². The fraction of sp³-hybridized carbons (Fsp3) is 0.133. The van der Waals surface area contributed by atoms with E-state index in [0.29, 0.717) is 11.5 Å². The molecule has 0 aliphatic heterocycles. The monoisotopic (exact) mass is 303 g/mol. The van der Waals surface area contributed by atoms with Crippen LogP contribution in [0.15, 0.2) is 36.4 Å². The van der Waals surface area contributed by atoms with Crippen LogP contribution >= 0.6 is 0 Å². The Morgan fingerprint density at radius 2 is 1.64 bits per heavy atom. The third-order valence-electron chi connectivity index (χ3n) is 3.08. The third kappa shape index (κ3) is 2.83. The second-order valence-corrected chi connectivity index (χ2v) is 4.36. The van der Waals surface area contributed by atoms with Gasteiger partial charge in [0.25, 0.3) is 0 Å². The van der Waals surface area contributed by atoms with Crippen LogP contribution in [0, 0.1) is 10.1 Å². The number of hydrogen-bond acceptors (Lipinski definition) is 6. The molecule has 0 amide bonds. The van der Waals surface area contributed by atoms with Crippen molar-refractivity contribution in [2.45, 2.75) is 0 Å². The zero-order chi connectivity index (χ0) is 16.3. The highest BCUT2D eigenvalue weighted by atomic mass is 16.6. The van der Waals surface area contributed by atoms with Gasteiger partial charge in [-0.25, -0.2) is 0 Å². The molecule has 0 aromatic heterocycles. The van der Waals surface area contributed by atoms with Crippen LogP contribution in [0.1, 0.15) is 15.9 Å². The molecule has 7 heteroatoms. The molecule has 0 heterocycles. The molecule has 7 nitrogen and oxygen atoms in total. The van der Waals surface area contributed by atoms with Gasteiger partial charge in [0.2, 0.25) is 0 Å². The van der Waals surface area contributed by atoms with Crippen LogP contribution in [0.5, 0.6) is 17.2 Å². The van der Waals surface area contributed by atoms with Gasteiger partial charge in [-0.05, 0) is 30.3 Å². The zero-order valence-corrected chi connectivity index (χ0v) is 11.9. The van der Waals surface area contributed by atoms with E-state index in [9.17, 15) is 20.0 Å². The topological polar surface area (TPSA) is 98.9 Å². The van der Waals surface area contributed by atoms with Gasteiger partial charge >= 0.3 is 5.69 Å². The predicted octanol–water partition coefficient (Wildman–Crippen LogP) is 2.55. The first-order valence-electron chi connectivity index (χ1n) is 6.22. The van der Waals surface area contributed by atoms with Gasteiger partial charge in [-0.15, -0.1) is 0 Å². The van der Waals surface area contributed by atoms with Crippen molar-refractivity contribution in [3.63, 3.8) is 0 Å². The molecule has 114 valence electrons. The van der Waals surface area contributed by atoms with E-state index in [1.807, 2.05) is 0 Å². The normalized spacial score (nSPS) is 10.1. The van der Waals surface area contributed by atoms with Gasteiger partial charge in [0, 0.05) is 17.2 Å². The number of aromatic hydroxyl groups is 1. The van der Waals surface area contributed by atoms with Crippen molar-refractivity contribution in [3.8, 4) is 17.2 Å². The Morgan fingerprint density at radius 3 is 2.23 bits per heavy atom. The first-order chi connectivity index (χ1) is 10.5. The van der Waals surface area contributed by atoms with Gasteiger partial charge in [-0.2, -0.15) is 0 Å². The minimum Gasteiger partial charge on any atom is -0.502 e. The number of rotatable bonds is 5.